The minimum Gasteiger partial charge on any atom is -0.355 e. The lowest BCUT2D eigenvalue weighted by molar-refractivity contribution is 0.178. The van der Waals surface area contributed by atoms with Crippen molar-refractivity contribution in [3.8, 4) is 0 Å². The summed E-state index contributed by atoms with van der Waals surface area (Å²) in [7, 11) is -1.15. The molecule has 0 saturated carbocycles. The molecule has 0 aromatic rings. The van der Waals surface area contributed by atoms with Gasteiger partial charge in [0.25, 0.3) is 0 Å². The smallest absolute Gasteiger partial charge is 0.191 e. The number of nitrogens with zero attached hydrogens (tertiary/aromatic N) is 2. The van der Waals surface area contributed by atoms with Crippen molar-refractivity contribution in [1.82, 2.24) is 15.5 Å². The SMILES string of the molecule is CN=C(NCCN(C(C)C)C(C)C)NC1CCS(=O)(=O)C1. The van der Waals surface area contributed by atoms with Crippen LogP contribution >= 0.6 is 0 Å². The van der Waals surface area contributed by atoms with Crippen LogP contribution in [-0.4, -0.2) is 69.0 Å². The maximum Gasteiger partial charge on any atom is 0.191 e. The summed E-state index contributed by atoms with van der Waals surface area (Å²) in [5.41, 5.74) is 0. The normalized spacial score (nSPS) is 22.3. The van der Waals surface area contributed by atoms with Crippen LogP contribution in [0.25, 0.3) is 0 Å². The highest BCUT2D eigenvalue weighted by atomic mass is 32.2. The van der Waals surface area contributed by atoms with Crippen LogP contribution in [0, 0.1) is 0 Å². The monoisotopic (exact) mass is 318 g/mol. The lowest BCUT2D eigenvalue weighted by Gasteiger charge is -2.30. The molecule has 1 unspecified atom stereocenters. The highest BCUT2D eigenvalue weighted by molar-refractivity contribution is 7.91. The predicted octanol–water partition coefficient (Wildman–Crippen LogP) is 0.457. The summed E-state index contributed by atoms with van der Waals surface area (Å²) in [6.45, 7) is 10.5. The highest BCUT2D eigenvalue weighted by Crippen LogP contribution is 2.10. The number of hydrogen-bond donors (Lipinski definition) is 2. The van der Waals surface area contributed by atoms with Crippen molar-refractivity contribution < 1.29 is 8.42 Å². The Morgan fingerprint density at radius 2 is 1.90 bits per heavy atom. The second-order valence-corrected chi connectivity index (χ2v) is 8.40. The van der Waals surface area contributed by atoms with Crippen LogP contribution in [0.15, 0.2) is 4.99 Å². The standard InChI is InChI=1S/C14H30N4O2S/c1-11(2)18(12(3)4)8-7-16-14(15-5)17-13-6-9-21(19,20)10-13/h11-13H,6-10H2,1-5H3,(H2,15,16,17). The first kappa shape index (κ1) is 18.2. The molecule has 1 rings (SSSR count). The highest BCUT2D eigenvalue weighted by Gasteiger charge is 2.28. The fraction of sp³-hybridized carbons (Fsp3) is 0.929. The van der Waals surface area contributed by atoms with Gasteiger partial charge in [-0.15, -0.1) is 0 Å². The van der Waals surface area contributed by atoms with E-state index in [0.717, 1.165) is 13.1 Å². The third-order valence-electron chi connectivity index (χ3n) is 3.79. The number of hydrogen-bond acceptors (Lipinski definition) is 4. The fourth-order valence-corrected chi connectivity index (χ4v) is 4.39. The molecule has 0 bridgehead atoms. The van der Waals surface area contributed by atoms with Gasteiger partial charge in [0, 0.05) is 38.3 Å². The molecule has 1 aliphatic rings. The number of guanidine groups is 1. The Balaban J connectivity index is 2.39. The van der Waals surface area contributed by atoms with E-state index in [1.165, 1.54) is 0 Å². The maximum atomic E-state index is 11.5. The van der Waals surface area contributed by atoms with Gasteiger partial charge in [-0.25, -0.2) is 8.42 Å². The van der Waals surface area contributed by atoms with Crippen molar-refractivity contribution in [1.29, 1.82) is 0 Å². The fourth-order valence-electron chi connectivity index (χ4n) is 2.71. The Labute approximate surface area is 129 Å². The van der Waals surface area contributed by atoms with Crippen LogP contribution in [-0.2, 0) is 9.84 Å². The van der Waals surface area contributed by atoms with E-state index >= 15 is 0 Å². The minimum absolute atomic E-state index is 0.0208. The molecule has 0 radical (unpaired) electrons. The summed E-state index contributed by atoms with van der Waals surface area (Å²) < 4.78 is 22.9. The Hall–Kier alpha value is -0.820. The quantitative estimate of drug-likeness (QED) is 0.550. The molecule has 0 aromatic heterocycles. The number of nitrogens with one attached hydrogen (secondary N) is 2. The molecule has 2 N–H and O–H groups in total. The van der Waals surface area contributed by atoms with E-state index in [1.54, 1.807) is 7.05 Å². The zero-order valence-corrected chi connectivity index (χ0v) is 14.7. The lowest BCUT2D eigenvalue weighted by atomic mass is 10.2. The molecule has 124 valence electrons. The zero-order valence-electron chi connectivity index (χ0n) is 13.9. The molecule has 0 spiro atoms. The summed E-state index contributed by atoms with van der Waals surface area (Å²) in [5, 5.41) is 6.46. The van der Waals surface area contributed by atoms with Gasteiger partial charge in [0.1, 0.15) is 0 Å². The summed E-state index contributed by atoms with van der Waals surface area (Å²) in [6, 6.07) is 0.982. The van der Waals surface area contributed by atoms with Crippen LogP contribution in [0.1, 0.15) is 34.1 Å². The molecule has 1 heterocycles. The summed E-state index contributed by atoms with van der Waals surface area (Å²) in [6.07, 6.45) is 0.660. The minimum atomic E-state index is -2.86. The molecule has 0 amide bonds. The van der Waals surface area contributed by atoms with E-state index in [9.17, 15) is 8.42 Å². The van der Waals surface area contributed by atoms with Gasteiger partial charge in [0.2, 0.25) is 0 Å². The molecular weight excluding hydrogens is 288 g/mol. The van der Waals surface area contributed by atoms with Crippen LogP contribution in [0.5, 0.6) is 0 Å². The Morgan fingerprint density at radius 1 is 1.29 bits per heavy atom. The first-order valence-electron chi connectivity index (χ1n) is 7.68. The van der Waals surface area contributed by atoms with Gasteiger partial charge in [-0.1, -0.05) is 0 Å². The molecule has 1 saturated heterocycles. The van der Waals surface area contributed by atoms with Gasteiger partial charge < -0.3 is 10.6 Å². The van der Waals surface area contributed by atoms with Crippen molar-refractivity contribution in [2.75, 3.05) is 31.6 Å². The average molecular weight is 318 g/mol. The Morgan fingerprint density at radius 3 is 2.33 bits per heavy atom. The van der Waals surface area contributed by atoms with Crippen molar-refractivity contribution in [2.45, 2.75) is 52.2 Å². The number of sulfone groups is 1. The van der Waals surface area contributed by atoms with E-state index in [0.29, 0.717) is 24.5 Å². The number of aliphatic imine (C=N–C) groups is 1. The first-order valence-corrected chi connectivity index (χ1v) is 9.50. The summed E-state index contributed by atoms with van der Waals surface area (Å²) >= 11 is 0. The second-order valence-electron chi connectivity index (χ2n) is 6.17. The predicted molar refractivity (Wildman–Crippen MR) is 88.5 cm³/mol. The Kier molecular flexibility index (Phi) is 6.93. The lowest BCUT2D eigenvalue weighted by Crippen LogP contribution is -2.48. The third kappa shape index (κ3) is 6.22. The second kappa shape index (κ2) is 7.98. The van der Waals surface area contributed by atoms with E-state index in [4.69, 9.17) is 0 Å². The van der Waals surface area contributed by atoms with E-state index in [-0.39, 0.29) is 17.5 Å². The summed E-state index contributed by atoms with van der Waals surface area (Å²) in [4.78, 5) is 6.57. The summed E-state index contributed by atoms with van der Waals surface area (Å²) in [5.74, 6) is 1.16. The molecule has 0 aliphatic carbocycles. The molecule has 1 fully saturated rings. The van der Waals surface area contributed by atoms with Crippen molar-refractivity contribution in [3.05, 3.63) is 0 Å². The topological polar surface area (TPSA) is 73.8 Å². The van der Waals surface area contributed by atoms with E-state index in [1.807, 2.05) is 0 Å². The Bertz CT molecular complexity index is 438. The molecular formula is C14H30N4O2S. The van der Waals surface area contributed by atoms with Gasteiger partial charge in [-0.2, -0.15) is 0 Å². The third-order valence-corrected chi connectivity index (χ3v) is 5.55. The van der Waals surface area contributed by atoms with Crippen molar-refractivity contribution in [3.63, 3.8) is 0 Å². The van der Waals surface area contributed by atoms with Gasteiger partial charge in [-0.05, 0) is 34.1 Å². The van der Waals surface area contributed by atoms with E-state index in [2.05, 4.69) is 48.2 Å². The van der Waals surface area contributed by atoms with Crippen LogP contribution in [0.3, 0.4) is 0 Å². The largest absolute Gasteiger partial charge is 0.355 e. The van der Waals surface area contributed by atoms with Crippen molar-refractivity contribution >= 4 is 15.8 Å². The van der Waals surface area contributed by atoms with Gasteiger partial charge >= 0.3 is 0 Å². The van der Waals surface area contributed by atoms with Crippen LogP contribution in [0.2, 0.25) is 0 Å². The zero-order chi connectivity index (χ0) is 16.0. The van der Waals surface area contributed by atoms with Crippen LogP contribution in [0.4, 0.5) is 0 Å². The van der Waals surface area contributed by atoms with Gasteiger partial charge in [-0.3, -0.25) is 9.89 Å². The molecule has 1 atom stereocenters. The maximum absolute atomic E-state index is 11.5. The molecule has 6 nitrogen and oxygen atoms in total. The average Bonchev–Trinajstić information content (AvgIpc) is 2.71. The van der Waals surface area contributed by atoms with Gasteiger partial charge in [0.15, 0.2) is 15.8 Å². The molecule has 21 heavy (non-hydrogen) atoms. The van der Waals surface area contributed by atoms with Crippen LogP contribution < -0.4 is 10.6 Å². The molecule has 0 aromatic carbocycles. The molecule has 1 aliphatic heterocycles. The number of rotatable bonds is 6. The van der Waals surface area contributed by atoms with Gasteiger partial charge in [0.05, 0.1) is 11.5 Å². The first-order chi connectivity index (χ1) is 9.75. The van der Waals surface area contributed by atoms with E-state index < -0.39 is 9.84 Å². The molecule has 7 heteroatoms. The van der Waals surface area contributed by atoms with Crippen molar-refractivity contribution in [2.24, 2.45) is 4.99 Å².